The van der Waals surface area contributed by atoms with Gasteiger partial charge in [0.15, 0.2) is 0 Å². The second kappa shape index (κ2) is 3.48. The maximum atomic E-state index is 13.1. The molecule has 4 heteroatoms. The Morgan fingerprint density at radius 3 is 2.85 bits per heavy atom. The standard InChI is InChI=1S/C9H8F2N2/c1-2-9(10,11)7-3-4-13-8(5-7)6-12/h3-5H,2H2,1H3. The molecule has 1 rings (SSSR count). The molecule has 1 aromatic heterocycles. The van der Waals surface area contributed by atoms with Crippen LogP contribution < -0.4 is 0 Å². The van der Waals surface area contributed by atoms with E-state index in [1.807, 2.05) is 0 Å². The van der Waals surface area contributed by atoms with E-state index in [-0.39, 0.29) is 17.7 Å². The van der Waals surface area contributed by atoms with Crippen LogP contribution >= 0.6 is 0 Å². The fourth-order valence-electron chi connectivity index (χ4n) is 0.923. The Labute approximate surface area is 74.8 Å². The summed E-state index contributed by atoms with van der Waals surface area (Å²) in [5.41, 5.74) is -0.132. The molecule has 0 amide bonds. The average molecular weight is 182 g/mol. The van der Waals surface area contributed by atoms with E-state index >= 15 is 0 Å². The van der Waals surface area contributed by atoms with Crippen LogP contribution in [0.5, 0.6) is 0 Å². The van der Waals surface area contributed by atoms with E-state index in [9.17, 15) is 8.78 Å². The predicted octanol–water partition coefficient (Wildman–Crippen LogP) is 2.46. The van der Waals surface area contributed by atoms with Gasteiger partial charge in [-0.2, -0.15) is 5.26 Å². The van der Waals surface area contributed by atoms with Crippen LogP contribution in [0.1, 0.15) is 24.6 Å². The summed E-state index contributed by atoms with van der Waals surface area (Å²) in [6, 6.07) is 4.06. The van der Waals surface area contributed by atoms with Gasteiger partial charge in [-0.05, 0) is 12.1 Å². The summed E-state index contributed by atoms with van der Waals surface area (Å²) in [5, 5.41) is 8.44. The van der Waals surface area contributed by atoms with Gasteiger partial charge >= 0.3 is 0 Å². The second-order valence-corrected chi connectivity index (χ2v) is 2.60. The number of nitrogens with zero attached hydrogens (tertiary/aromatic N) is 2. The normalized spacial score (nSPS) is 10.9. The minimum absolute atomic E-state index is 0.0191. The minimum atomic E-state index is -2.87. The molecule has 0 atom stereocenters. The topological polar surface area (TPSA) is 36.7 Å². The Balaban J connectivity index is 3.10. The number of rotatable bonds is 2. The first-order chi connectivity index (χ1) is 6.10. The van der Waals surface area contributed by atoms with Crippen molar-refractivity contribution in [2.45, 2.75) is 19.3 Å². The molecule has 0 bridgehead atoms. The molecule has 0 N–H and O–H groups in total. The quantitative estimate of drug-likeness (QED) is 0.704. The lowest BCUT2D eigenvalue weighted by molar-refractivity contribution is -0.00839. The zero-order chi connectivity index (χ0) is 9.90. The maximum Gasteiger partial charge on any atom is 0.273 e. The number of hydrogen-bond acceptors (Lipinski definition) is 2. The first-order valence-electron chi connectivity index (χ1n) is 3.84. The van der Waals surface area contributed by atoms with Crippen LogP contribution in [-0.2, 0) is 5.92 Å². The van der Waals surface area contributed by atoms with Crippen molar-refractivity contribution in [3.05, 3.63) is 29.6 Å². The smallest absolute Gasteiger partial charge is 0.246 e. The van der Waals surface area contributed by atoms with E-state index in [0.29, 0.717) is 0 Å². The molecule has 13 heavy (non-hydrogen) atoms. The van der Waals surface area contributed by atoms with Gasteiger partial charge in [0.25, 0.3) is 5.92 Å². The van der Waals surface area contributed by atoms with Crippen LogP contribution in [0.15, 0.2) is 18.3 Å². The van der Waals surface area contributed by atoms with Gasteiger partial charge in [0.05, 0.1) is 0 Å². The molecule has 68 valence electrons. The first kappa shape index (κ1) is 9.59. The molecule has 0 aliphatic carbocycles. The van der Waals surface area contributed by atoms with Gasteiger partial charge in [0.2, 0.25) is 0 Å². The van der Waals surface area contributed by atoms with Gasteiger partial charge in [-0.3, -0.25) is 0 Å². The fourth-order valence-corrected chi connectivity index (χ4v) is 0.923. The van der Waals surface area contributed by atoms with E-state index in [0.717, 1.165) is 6.07 Å². The minimum Gasteiger partial charge on any atom is -0.246 e. The van der Waals surface area contributed by atoms with Gasteiger partial charge < -0.3 is 0 Å². The van der Waals surface area contributed by atoms with E-state index < -0.39 is 5.92 Å². The Morgan fingerprint density at radius 2 is 2.31 bits per heavy atom. The van der Waals surface area contributed by atoms with Crippen LogP contribution in [0.25, 0.3) is 0 Å². The molecule has 0 aliphatic rings. The fraction of sp³-hybridized carbons (Fsp3) is 0.333. The molecular formula is C9H8F2N2. The van der Waals surface area contributed by atoms with Crippen molar-refractivity contribution in [1.29, 1.82) is 5.26 Å². The molecule has 0 unspecified atom stereocenters. The van der Waals surface area contributed by atoms with Crippen molar-refractivity contribution in [3.63, 3.8) is 0 Å². The van der Waals surface area contributed by atoms with Crippen LogP contribution in [0, 0.1) is 11.3 Å². The van der Waals surface area contributed by atoms with Crippen LogP contribution in [0.2, 0.25) is 0 Å². The number of pyridine rings is 1. The lowest BCUT2D eigenvalue weighted by Crippen LogP contribution is -2.11. The van der Waals surface area contributed by atoms with Crippen LogP contribution in [-0.4, -0.2) is 4.98 Å². The summed E-state index contributed by atoms with van der Waals surface area (Å²) in [6.45, 7) is 1.40. The zero-order valence-electron chi connectivity index (χ0n) is 7.09. The highest BCUT2D eigenvalue weighted by Gasteiger charge is 2.28. The highest BCUT2D eigenvalue weighted by molar-refractivity contribution is 5.28. The highest BCUT2D eigenvalue weighted by Crippen LogP contribution is 2.30. The molecule has 0 saturated heterocycles. The Kier molecular flexibility index (Phi) is 2.57. The summed E-state index contributed by atoms with van der Waals surface area (Å²) >= 11 is 0. The summed E-state index contributed by atoms with van der Waals surface area (Å²) in [7, 11) is 0. The van der Waals surface area contributed by atoms with Crippen molar-refractivity contribution < 1.29 is 8.78 Å². The maximum absolute atomic E-state index is 13.1. The molecule has 0 radical (unpaired) electrons. The third kappa shape index (κ3) is 2.00. The Morgan fingerprint density at radius 1 is 1.62 bits per heavy atom. The third-order valence-corrected chi connectivity index (χ3v) is 1.74. The van der Waals surface area contributed by atoms with Crippen molar-refractivity contribution in [1.82, 2.24) is 4.98 Å². The van der Waals surface area contributed by atoms with E-state index in [4.69, 9.17) is 5.26 Å². The number of alkyl halides is 2. The lowest BCUT2D eigenvalue weighted by Gasteiger charge is -2.13. The summed E-state index contributed by atoms with van der Waals surface area (Å²) in [5.74, 6) is -2.87. The van der Waals surface area contributed by atoms with Gasteiger partial charge in [-0.25, -0.2) is 13.8 Å². The molecule has 0 fully saturated rings. The van der Waals surface area contributed by atoms with E-state index in [1.165, 1.54) is 19.2 Å². The molecular weight excluding hydrogens is 174 g/mol. The van der Waals surface area contributed by atoms with Crippen molar-refractivity contribution >= 4 is 0 Å². The van der Waals surface area contributed by atoms with Gasteiger partial charge in [-0.15, -0.1) is 0 Å². The SMILES string of the molecule is CCC(F)(F)c1ccnc(C#N)c1. The predicted molar refractivity (Wildman–Crippen MR) is 43.1 cm³/mol. The first-order valence-corrected chi connectivity index (χ1v) is 3.84. The van der Waals surface area contributed by atoms with E-state index in [2.05, 4.69) is 4.98 Å². The van der Waals surface area contributed by atoms with Crippen LogP contribution in [0.4, 0.5) is 8.78 Å². The number of halogens is 2. The van der Waals surface area contributed by atoms with Crippen molar-refractivity contribution in [2.24, 2.45) is 0 Å². The third-order valence-electron chi connectivity index (χ3n) is 1.74. The van der Waals surface area contributed by atoms with Gasteiger partial charge in [0.1, 0.15) is 11.8 Å². The lowest BCUT2D eigenvalue weighted by atomic mass is 10.1. The highest BCUT2D eigenvalue weighted by atomic mass is 19.3. The number of aromatic nitrogens is 1. The van der Waals surface area contributed by atoms with Crippen LogP contribution in [0.3, 0.4) is 0 Å². The number of nitriles is 1. The molecule has 0 saturated carbocycles. The Hall–Kier alpha value is -1.50. The molecule has 1 aromatic rings. The second-order valence-electron chi connectivity index (χ2n) is 2.60. The number of hydrogen-bond donors (Lipinski definition) is 0. The largest absolute Gasteiger partial charge is 0.273 e. The molecule has 0 aliphatic heterocycles. The average Bonchev–Trinajstić information content (AvgIpc) is 2.18. The van der Waals surface area contributed by atoms with Gasteiger partial charge in [-0.1, -0.05) is 6.92 Å². The summed E-state index contributed by atoms with van der Waals surface area (Å²) < 4.78 is 26.1. The molecule has 2 nitrogen and oxygen atoms in total. The van der Waals surface area contributed by atoms with Crippen molar-refractivity contribution in [2.75, 3.05) is 0 Å². The monoisotopic (exact) mass is 182 g/mol. The Bertz CT molecular complexity index is 342. The summed E-state index contributed by atoms with van der Waals surface area (Å²) in [4.78, 5) is 3.61. The molecule has 0 spiro atoms. The van der Waals surface area contributed by atoms with E-state index in [1.54, 1.807) is 6.07 Å². The molecule has 1 heterocycles. The van der Waals surface area contributed by atoms with Gasteiger partial charge in [0, 0.05) is 18.2 Å². The van der Waals surface area contributed by atoms with Crippen molar-refractivity contribution in [3.8, 4) is 6.07 Å². The zero-order valence-corrected chi connectivity index (χ0v) is 7.09. The summed E-state index contributed by atoms with van der Waals surface area (Å²) in [6.07, 6.45) is 0.944. The molecule has 0 aromatic carbocycles.